The quantitative estimate of drug-likeness (QED) is 0.199. The number of halogens is 4. The maximum absolute atomic E-state index is 15.3. The van der Waals surface area contributed by atoms with Crippen LogP contribution < -0.4 is 20.1 Å². The maximum atomic E-state index is 15.3. The largest absolute Gasteiger partial charge is 0.484 e. The van der Waals surface area contributed by atoms with Crippen LogP contribution in [0.4, 0.5) is 28.0 Å². The van der Waals surface area contributed by atoms with E-state index in [-0.39, 0.29) is 25.7 Å². The van der Waals surface area contributed by atoms with Gasteiger partial charge in [0.25, 0.3) is 0 Å². The number of alkyl carbamates (subject to hydrolysis) is 1. The number of aliphatic hydroxyl groups is 1. The summed E-state index contributed by atoms with van der Waals surface area (Å²) in [5.74, 6) is -1.88. The van der Waals surface area contributed by atoms with E-state index in [1.165, 1.54) is 4.72 Å². The van der Waals surface area contributed by atoms with E-state index < -0.39 is 68.9 Å². The van der Waals surface area contributed by atoms with E-state index in [0.29, 0.717) is 25.8 Å². The van der Waals surface area contributed by atoms with Gasteiger partial charge in [0.2, 0.25) is 10.0 Å². The van der Waals surface area contributed by atoms with E-state index in [1.807, 2.05) is 30.3 Å². The van der Waals surface area contributed by atoms with Crippen molar-refractivity contribution in [3.05, 3.63) is 53.8 Å². The molecule has 1 aliphatic carbocycles. The number of hydrogen-bond donors (Lipinski definition) is 4. The van der Waals surface area contributed by atoms with Crippen LogP contribution in [0.15, 0.2) is 47.4 Å². The van der Waals surface area contributed by atoms with Gasteiger partial charge >= 0.3 is 12.3 Å². The van der Waals surface area contributed by atoms with E-state index in [1.54, 1.807) is 0 Å². The molecule has 1 amide bonds. The molecule has 2 aromatic rings. The van der Waals surface area contributed by atoms with Crippen LogP contribution in [0.3, 0.4) is 0 Å². The van der Waals surface area contributed by atoms with Gasteiger partial charge in [-0.2, -0.15) is 17.9 Å². The molecule has 1 heterocycles. The van der Waals surface area contributed by atoms with Gasteiger partial charge in [-0.05, 0) is 31.4 Å². The van der Waals surface area contributed by atoms with Gasteiger partial charge in [0.05, 0.1) is 18.9 Å². The summed E-state index contributed by atoms with van der Waals surface area (Å²) in [6.07, 6.45) is -5.06. The summed E-state index contributed by atoms with van der Waals surface area (Å²) in [6, 6.07) is 8.09. The Morgan fingerprint density at radius 2 is 1.79 bits per heavy atom. The average molecular weight is 634 g/mol. The summed E-state index contributed by atoms with van der Waals surface area (Å²) in [6.45, 7) is 0.967. The molecule has 2 aliphatic rings. The lowest BCUT2D eigenvalue weighted by Gasteiger charge is -2.34. The Bertz CT molecular complexity index is 1340. The summed E-state index contributed by atoms with van der Waals surface area (Å²) >= 11 is 0. The molecule has 4 rings (SSSR count). The number of amides is 1. The Morgan fingerprint density at radius 1 is 1.12 bits per heavy atom. The molecule has 0 aromatic heterocycles. The lowest BCUT2D eigenvalue weighted by molar-refractivity contribution is -0.147. The Morgan fingerprint density at radius 3 is 2.40 bits per heavy atom. The zero-order valence-corrected chi connectivity index (χ0v) is 24.2. The highest BCUT2D eigenvalue weighted by Gasteiger charge is 2.40. The van der Waals surface area contributed by atoms with Crippen molar-refractivity contribution in [3.63, 3.8) is 0 Å². The third kappa shape index (κ3) is 8.94. The van der Waals surface area contributed by atoms with Gasteiger partial charge < -0.3 is 30.0 Å². The van der Waals surface area contributed by atoms with Gasteiger partial charge in [-0.25, -0.2) is 17.6 Å². The fourth-order valence-corrected chi connectivity index (χ4v) is 6.19. The van der Waals surface area contributed by atoms with Gasteiger partial charge in [0.15, 0.2) is 12.3 Å². The van der Waals surface area contributed by atoms with E-state index in [9.17, 15) is 31.5 Å². The van der Waals surface area contributed by atoms with Gasteiger partial charge in [0.1, 0.15) is 28.6 Å². The predicted molar refractivity (Wildman–Crippen MR) is 147 cm³/mol. The highest BCUT2D eigenvalue weighted by molar-refractivity contribution is 7.89. The minimum atomic E-state index is -4.89. The zero-order valence-electron chi connectivity index (χ0n) is 23.4. The van der Waals surface area contributed by atoms with Crippen molar-refractivity contribution in [2.45, 2.75) is 81.1 Å². The number of anilines is 1. The molecule has 0 unspecified atom stereocenters. The second-order valence-electron chi connectivity index (χ2n) is 10.6. The topological polar surface area (TPSA) is 135 Å². The zero-order chi connectivity index (χ0) is 31.2. The predicted octanol–water partition coefficient (Wildman–Crippen LogP) is 4.44. The van der Waals surface area contributed by atoms with Gasteiger partial charge in [-0.3, -0.25) is 0 Å². The number of rotatable bonds is 12. The molecule has 1 aliphatic heterocycles. The molecule has 4 N–H and O–H groups in total. The molecule has 2 aromatic carbocycles. The molecule has 238 valence electrons. The number of ether oxygens (including phenoxy) is 3. The first kappa shape index (κ1) is 32.8. The molecule has 0 spiro atoms. The molecule has 0 bridgehead atoms. The van der Waals surface area contributed by atoms with Crippen LogP contribution in [0.2, 0.25) is 0 Å². The smallest absolute Gasteiger partial charge is 0.407 e. The van der Waals surface area contributed by atoms with Crippen LogP contribution in [0.1, 0.15) is 44.6 Å². The molecular weight excluding hydrogens is 598 g/mol. The minimum absolute atomic E-state index is 0.0876. The first-order valence-electron chi connectivity index (χ1n) is 13.9. The highest BCUT2D eigenvalue weighted by Crippen LogP contribution is 2.35. The minimum Gasteiger partial charge on any atom is -0.484 e. The Hall–Kier alpha value is -3.14. The molecule has 15 heteroatoms. The fraction of sp³-hybridized carbons (Fsp3) is 0.536. The van der Waals surface area contributed by atoms with Crippen molar-refractivity contribution in [2.24, 2.45) is 5.92 Å². The van der Waals surface area contributed by atoms with Crippen LogP contribution in [0.5, 0.6) is 5.75 Å². The van der Waals surface area contributed by atoms with Crippen LogP contribution in [-0.2, 0) is 26.0 Å². The Balaban J connectivity index is 1.55. The molecule has 10 nitrogen and oxygen atoms in total. The first-order chi connectivity index (χ1) is 20.3. The number of alkyl halides is 3. The normalized spacial score (nSPS) is 18.7. The van der Waals surface area contributed by atoms with E-state index in [0.717, 1.165) is 30.9 Å². The number of benzene rings is 2. The number of aliphatic hydroxyl groups excluding tert-OH is 1. The Kier molecular flexibility index (Phi) is 10.7. The van der Waals surface area contributed by atoms with Crippen molar-refractivity contribution < 1.29 is 50.1 Å². The van der Waals surface area contributed by atoms with Crippen LogP contribution in [0.25, 0.3) is 0 Å². The second kappa shape index (κ2) is 14.1. The third-order valence-electron chi connectivity index (χ3n) is 7.30. The van der Waals surface area contributed by atoms with Crippen LogP contribution in [-0.4, -0.2) is 63.5 Å². The SMILES string of the molecule is C[C@H](NS(=O)(=O)c1cc(F)c(N[C@@H](O)[C@@H](OC(=O)NCc2ccccc2)C2CCCCC2)cc1OC1COC1)C(F)(F)F. The van der Waals surface area contributed by atoms with Crippen LogP contribution >= 0.6 is 0 Å². The molecule has 1 saturated carbocycles. The lowest BCUT2D eigenvalue weighted by atomic mass is 9.84. The number of sulfonamides is 1. The highest BCUT2D eigenvalue weighted by atomic mass is 32.2. The van der Waals surface area contributed by atoms with Gasteiger partial charge in [0, 0.05) is 18.5 Å². The average Bonchev–Trinajstić information content (AvgIpc) is 2.94. The fourth-order valence-electron chi connectivity index (χ4n) is 4.83. The number of hydrogen-bond acceptors (Lipinski definition) is 8. The van der Waals surface area contributed by atoms with E-state index in [2.05, 4.69) is 10.6 Å². The second-order valence-corrected chi connectivity index (χ2v) is 12.3. The molecule has 1 saturated heterocycles. The summed E-state index contributed by atoms with van der Waals surface area (Å²) in [4.78, 5) is 11.8. The third-order valence-corrected chi connectivity index (χ3v) is 8.86. The Labute approximate surface area is 247 Å². The molecule has 0 radical (unpaired) electrons. The number of carbonyl (C=O) groups is 1. The first-order valence-corrected chi connectivity index (χ1v) is 15.4. The standard InChI is InChI=1S/C28H35F4N3O7S/c1-17(28(30,31)32)35-43(38,39)24-12-21(29)22(13-23(24)41-20-15-40-16-20)34-26(36)25(19-10-6-3-7-11-19)42-27(37)33-14-18-8-4-2-5-9-18/h2,4-5,8-9,12-13,17,19-20,25-26,34-36H,3,6-7,10-11,14-16H2,1H3,(H,33,37)/t17-,25-,26-/m0/s1. The van der Waals surface area contributed by atoms with Crippen molar-refractivity contribution in [1.82, 2.24) is 10.0 Å². The van der Waals surface area contributed by atoms with Gasteiger partial charge in [-0.15, -0.1) is 0 Å². The van der Waals surface area contributed by atoms with Crippen molar-refractivity contribution >= 4 is 21.8 Å². The van der Waals surface area contributed by atoms with Crippen LogP contribution in [0, 0.1) is 11.7 Å². The monoisotopic (exact) mass is 633 g/mol. The van der Waals surface area contributed by atoms with Gasteiger partial charge in [-0.1, -0.05) is 49.6 Å². The van der Waals surface area contributed by atoms with Crippen molar-refractivity contribution in [2.75, 3.05) is 18.5 Å². The summed E-state index contributed by atoms with van der Waals surface area (Å²) in [5.41, 5.74) is 0.424. The lowest BCUT2D eigenvalue weighted by Crippen LogP contribution is -2.45. The molecule has 2 fully saturated rings. The maximum Gasteiger partial charge on any atom is 0.407 e. The van der Waals surface area contributed by atoms with Crippen molar-refractivity contribution in [3.8, 4) is 5.75 Å². The summed E-state index contributed by atoms with van der Waals surface area (Å²) in [7, 11) is -4.89. The van der Waals surface area contributed by atoms with E-state index in [4.69, 9.17) is 14.2 Å². The summed E-state index contributed by atoms with van der Waals surface area (Å²) in [5, 5.41) is 16.3. The molecular formula is C28H35F4N3O7S. The number of carbonyl (C=O) groups excluding carboxylic acids is 1. The van der Waals surface area contributed by atoms with E-state index >= 15 is 4.39 Å². The number of nitrogens with one attached hydrogen (secondary N) is 3. The molecule has 3 atom stereocenters. The van der Waals surface area contributed by atoms with Crippen molar-refractivity contribution in [1.29, 1.82) is 0 Å². The summed E-state index contributed by atoms with van der Waals surface area (Å²) < 4.78 is 98.0. The molecule has 43 heavy (non-hydrogen) atoms.